The number of hydrogen-bond acceptors (Lipinski definition) is 4. The molecule has 25 heavy (non-hydrogen) atoms. The number of aromatic nitrogens is 2. The van der Waals surface area contributed by atoms with Crippen molar-refractivity contribution in [1.82, 2.24) is 9.55 Å². The number of aryl methyl sites for hydroxylation is 2. The Morgan fingerprint density at radius 3 is 2.80 bits per heavy atom. The number of rotatable bonds is 4. The molecule has 0 aliphatic heterocycles. The Morgan fingerprint density at radius 2 is 2.04 bits per heavy atom. The molecule has 4 nitrogen and oxygen atoms in total. The zero-order valence-corrected chi connectivity index (χ0v) is 15.1. The monoisotopic (exact) mass is 352 g/mol. The lowest BCUT2D eigenvalue weighted by molar-refractivity contribution is 0.315. The van der Waals surface area contributed by atoms with Crippen LogP contribution < -0.4 is 10.3 Å². The molecule has 2 heterocycles. The fourth-order valence-electron chi connectivity index (χ4n) is 3.28. The van der Waals surface area contributed by atoms with Crippen LogP contribution in [0.15, 0.2) is 47.3 Å². The molecule has 0 radical (unpaired) electrons. The smallest absolute Gasteiger partial charge is 0.305 e. The molecule has 0 saturated heterocycles. The molecule has 5 heteroatoms. The molecule has 0 bridgehead atoms. The first-order chi connectivity index (χ1) is 12.1. The first kappa shape index (κ1) is 16.1. The minimum absolute atomic E-state index is 0.0349. The Balaban J connectivity index is 1.98. The first-order valence-electron chi connectivity index (χ1n) is 8.55. The summed E-state index contributed by atoms with van der Waals surface area (Å²) in [5, 5.41) is 0.770. The van der Waals surface area contributed by atoms with Gasteiger partial charge in [-0.1, -0.05) is 24.8 Å². The van der Waals surface area contributed by atoms with Gasteiger partial charge >= 0.3 is 6.01 Å². The van der Waals surface area contributed by atoms with Gasteiger partial charge in [-0.2, -0.15) is 4.98 Å². The number of hydrogen-bond donors (Lipinski definition) is 0. The molecule has 4 rings (SSSR count). The maximum absolute atomic E-state index is 13.4. The minimum atomic E-state index is -0.0349. The molecule has 0 unspecified atom stereocenters. The van der Waals surface area contributed by atoms with E-state index in [1.165, 1.54) is 16.9 Å². The van der Waals surface area contributed by atoms with Crippen molar-refractivity contribution in [3.8, 4) is 11.7 Å². The fourth-order valence-corrected chi connectivity index (χ4v) is 4.52. The largest absolute Gasteiger partial charge is 0.460 e. The number of benzene rings is 1. The molecule has 0 atom stereocenters. The van der Waals surface area contributed by atoms with Crippen LogP contribution in [0.3, 0.4) is 0 Å². The van der Waals surface area contributed by atoms with E-state index in [2.05, 4.69) is 6.58 Å². The molecule has 2 aromatic heterocycles. The number of nitrogens with zero attached hydrogens (tertiary/aromatic N) is 2. The number of thiophene rings is 1. The van der Waals surface area contributed by atoms with E-state index in [0.29, 0.717) is 12.6 Å². The van der Waals surface area contributed by atoms with Crippen molar-refractivity contribution in [2.75, 3.05) is 6.61 Å². The number of fused-ring (bicyclic) bond motifs is 3. The Labute approximate surface area is 150 Å². The van der Waals surface area contributed by atoms with Gasteiger partial charge in [-0.3, -0.25) is 4.79 Å². The Kier molecular flexibility index (Phi) is 4.17. The Morgan fingerprint density at radius 1 is 1.28 bits per heavy atom. The number of ether oxygens (including phenoxy) is 1. The molecule has 0 saturated carbocycles. The highest BCUT2D eigenvalue weighted by molar-refractivity contribution is 7.18. The summed E-state index contributed by atoms with van der Waals surface area (Å²) >= 11 is 1.64. The summed E-state index contributed by atoms with van der Waals surface area (Å²) in [6.45, 7) is 6.11. The van der Waals surface area contributed by atoms with Crippen molar-refractivity contribution in [3.63, 3.8) is 0 Å². The van der Waals surface area contributed by atoms with Gasteiger partial charge in [0.05, 0.1) is 11.1 Å². The molecular weight excluding hydrogens is 332 g/mol. The predicted molar refractivity (Wildman–Crippen MR) is 102 cm³/mol. The van der Waals surface area contributed by atoms with Crippen LogP contribution >= 0.6 is 11.3 Å². The molecule has 3 aromatic rings. The van der Waals surface area contributed by atoms with Crippen LogP contribution in [-0.4, -0.2) is 16.2 Å². The fraction of sp³-hybridized carbons (Fsp3) is 0.300. The van der Waals surface area contributed by atoms with E-state index in [1.807, 2.05) is 37.3 Å². The Hall–Kier alpha value is -2.40. The van der Waals surface area contributed by atoms with Crippen LogP contribution in [0, 0.1) is 0 Å². The molecule has 1 aliphatic rings. The van der Waals surface area contributed by atoms with Crippen LogP contribution in [0.1, 0.15) is 30.2 Å². The topological polar surface area (TPSA) is 44.1 Å². The van der Waals surface area contributed by atoms with Crippen LogP contribution in [0.5, 0.6) is 6.01 Å². The zero-order chi connectivity index (χ0) is 17.4. The van der Waals surface area contributed by atoms with Crippen molar-refractivity contribution < 1.29 is 4.74 Å². The third-order valence-electron chi connectivity index (χ3n) is 4.42. The van der Waals surface area contributed by atoms with Gasteiger partial charge in [-0.25, -0.2) is 4.57 Å². The highest BCUT2D eigenvalue weighted by Gasteiger charge is 2.23. The third-order valence-corrected chi connectivity index (χ3v) is 5.61. The SMILES string of the molecule is C=C(C)COc1nc2sc3c(c2c(=O)n1-c1ccccc1)CCCC3. The molecule has 0 N–H and O–H groups in total. The second kappa shape index (κ2) is 6.48. The van der Waals surface area contributed by atoms with E-state index < -0.39 is 0 Å². The zero-order valence-electron chi connectivity index (χ0n) is 14.2. The van der Waals surface area contributed by atoms with E-state index in [4.69, 9.17) is 9.72 Å². The van der Waals surface area contributed by atoms with E-state index in [9.17, 15) is 4.79 Å². The van der Waals surface area contributed by atoms with Gasteiger partial charge in [0.1, 0.15) is 11.4 Å². The molecule has 1 aromatic carbocycles. The maximum Gasteiger partial charge on any atom is 0.305 e. The van der Waals surface area contributed by atoms with Crippen molar-refractivity contribution >= 4 is 21.6 Å². The summed E-state index contributed by atoms with van der Waals surface area (Å²) in [6.07, 6.45) is 4.33. The van der Waals surface area contributed by atoms with Gasteiger partial charge in [0, 0.05) is 4.88 Å². The van der Waals surface area contributed by atoms with Gasteiger partial charge in [0.2, 0.25) is 0 Å². The summed E-state index contributed by atoms with van der Waals surface area (Å²) in [4.78, 5) is 20.2. The van der Waals surface area contributed by atoms with Crippen molar-refractivity contribution in [2.24, 2.45) is 0 Å². The average molecular weight is 352 g/mol. The normalized spacial score (nSPS) is 13.6. The van der Waals surface area contributed by atoms with E-state index >= 15 is 0 Å². The summed E-state index contributed by atoms with van der Waals surface area (Å²) in [6, 6.07) is 9.91. The summed E-state index contributed by atoms with van der Waals surface area (Å²) < 4.78 is 7.42. The van der Waals surface area contributed by atoms with Gasteiger partial charge in [0.25, 0.3) is 5.56 Å². The minimum Gasteiger partial charge on any atom is -0.460 e. The lowest BCUT2D eigenvalue weighted by Gasteiger charge is -2.14. The molecular formula is C20H20N2O2S. The van der Waals surface area contributed by atoms with Gasteiger partial charge in [0.15, 0.2) is 0 Å². The standard InChI is InChI=1S/C20H20N2O2S/c1-13(2)12-24-20-21-18-17(15-10-6-7-11-16(15)25-18)19(23)22(20)14-8-4-3-5-9-14/h3-5,8-9H,1,6-7,10-12H2,2H3. The summed E-state index contributed by atoms with van der Waals surface area (Å²) in [7, 11) is 0. The van der Waals surface area contributed by atoms with Gasteiger partial charge in [-0.15, -0.1) is 11.3 Å². The van der Waals surface area contributed by atoms with Crippen LogP contribution in [-0.2, 0) is 12.8 Å². The van der Waals surface area contributed by atoms with Crippen molar-refractivity contribution in [1.29, 1.82) is 0 Å². The second-order valence-corrected chi connectivity index (χ2v) is 7.59. The van der Waals surface area contributed by atoms with Gasteiger partial charge < -0.3 is 4.74 Å². The van der Waals surface area contributed by atoms with E-state index in [-0.39, 0.29) is 5.56 Å². The third kappa shape index (κ3) is 2.89. The molecule has 128 valence electrons. The van der Waals surface area contributed by atoms with E-state index in [1.54, 1.807) is 15.9 Å². The predicted octanol–water partition coefficient (Wildman–Crippen LogP) is 4.28. The number of para-hydroxylation sites is 1. The highest BCUT2D eigenvalue weighted by Crippen LogP contribution is 2.35. The van der Waals surface area contributed by atoms with Gasteiger partial charge in [-0.05, 0) is 55.9 Å². The van der Waals surface area contributed by atoms with Crippen LogP contribution in [0.2, 0.25) is 0 Å². The summed E-state index contributed by atoms with van der Waals surface area (Å²) in [5.41, 5.74) is 2.82. The molecule has 1 aliphatic carbocycles. The maximum atomic E-state index is 13.4. The first-order valence-corrected chi connectivity index (χ1v) is 9.36. The van der Waals surface area contributed by atoms with Crippen LogP contribution in [0.4, 0.5) is 0 Å². The highest BCUT2D eigenvalue weighted by atomic mass is 32.1. The molecule has 0 fully saturated rings. The molecule has 0 spiro atoms. The lowest BCUT2D eigenvalue weighted by atomic mass is 9.97. The Bertz CT molecular complexity index is 1000. The van der Waals surface area contributed by atoms with Crippen molar-refractivity contribution in [2.45, 2.75) is 32.6 Å². The van der Waals surface area contributed by atoms with Crippen molar-refractivity contribution in [3.05, 3.63) is 63.3 Å². The second-order valence-electron chi connectivity index (χ2n) is 6.51. The quantitative estimate of drug-likeness (QED) is 0.658. The lowest BCUT2D eigenvalue weighted by Crippen LogP contribution is -2.23. The summed E-state index contributed by atoms with van der Waals surface area (Å²) in [5.74, 6) is 0. The average Bonchev–Trinajstić information content (AvgIpc) is 2.99. The van der Waals surface area contributed by atoms with E-state index in [0.717, 1.165) is 40.7 Å². The van der Waals surface area contributed by atoms with Crippen LogP contribution in [0.25, 0.3) is 15.9 Å². The molecule has 0 amide bonds.